The number of ether oxygens (including phenoxy) is 2. The zero-order chi connectivity index (χ0) is 40.4. The first-order valence-electron chi connectivity index (χ1n) is 20.1. The first kappa shape index (κ1) is 39.6. The number of rotatable bonds is 10. The summed E-state index contributed by atoms with van der Waals surface area (Å²) >= 11 is 7.41. The number of ketones is 2. The van der Waals surface area contributed by atoms with Gasteiger partial charge in [0.25, 0.3) is 5.88 Å². The third kappa shape index (κ3) is 6.55. The highest BCUT2D eigenvalue weighted by Gasteiger charge is 2.68. The quantitative estimate of drug-likeness (QED) is 0.118. The lowest BCUT2D eigenvalue weighted by Gasteiger charge is -2.53. The molecule has 0 spiro atoms. The second-order valence-corrected chi connectivity index (χ2v) is 22.6. The molecule has 0 radical (unpaired) electrons. The first-order chi connectivity index (χ1) is 27.2. The average Bonchev–Trinajstić information content (AvgIpc) is 3.85. The molecule has 300 valence electrons. The summed E-state index contributed by atoms with van der Waals surface area (Å²) in [5.41, 5.74) is 9.06. The number of fused-ring (bicyclic) bond motifs is 4. The van der Waals surface area contributed by atoms with Crippen LogP contribution in [0.25, 0.3) is 5.76 Å². The number of nitrogens with two attached hydrogens (primary N) is 1. The van der Waals surface area contributed by atoms with Crippen LogP contribution in [0.5, 0.6) is 11.6 Å². The topological polar surface area (TPSA) is 137 Å². The lowest BCUT2D eigenvalue weighted by molar-refractivity contribution is -0.138. The molecule has 2 unspecified atom stereocenters. The molecule has 12 heteroatoms. The Labute approximate surface area is 340 Å². The van der Waals surface area contributed by atoms with E-state index in [0.29, 0.717) is 22.8 Å². The molecular formula is C45H52ClN3O7Si. The van der Waals surface area contributed by atoms with E-state index in [-0.39, 0.29) is 59.3 Å². The third-order valence-electron chi connectivity index (χ3n) is 13.1. The molecule has 1 aromatic heterocycles. The van der Waals surface area contributed by atoms with Gasteiger partial charge in [-0.15, -0.1) is 0 Å². The number of aliphatic hydroxyl groups excluding tert-OH is 1. The molecule has 5 atom stereocenters. The maximum absolute atomic E-state index is 15.7. The summed E-state index contributed by atoms with van der Waals surface area (Å²) < 4.78 is 25.7. The van der Waals surface area contributed by atoms with Crippen LogP contribution in [0.2, 0.25) is 23.2 Å². The van der Waals surface area contributed by atoms with Gasteiger partial charge in [0.2, 0.25) is 11.6 Å². The van der Waals surface area contributed by atoms with Crippen molar-refractivity contribution in [2.75, 3.05) is 13.1 Å². The van der Waals surface area contributed by atoms with Crippen LogP contribution in [0.3, 0.4) is 0 Å². The highest BCUT2D eigenvalue weighted by Crippen LogP contribution is 2.58. The standard InChI is InChI=1S/C45H52ClN3O7Si/c1-7-49-20-14-19-32(49)29-23-33(53-24-26-15-10-8-11-16-26)35-30(37(29)46)21-28-22-31-38(47)40-36(43(48-55-40)54-25-27-17-12-9-13-18-27)42(52)45(31,41(51)34(28)39(35)50)56-57(5,6)44(2,3)4/h8-13,15-18,23,28,31-32,38,50H,7,14,19-22,24-25,47H2,1-6H3/t28-,31-,32?,38-,45?/m0/s1. The van der Waals surface area contributed by atoms with Crippen molar-refractivity contribution in [2.45, 2.75) is 102 Å². The van der Waals surface area contributed by atoms with Gasteiger partial charge in [-0.2, -0.15) is 0 Å². The monoisotopic (exact) mass is 809 g/mol. The summed E-state index contributed by atoms with van der Waals surface area (Å²) in [5.74, 6) is -2.21. The number of carbonyl (C=O) groups is 2. The van der Waals surface area contributed by atoms with E-state index in [4.69, 9.17) is 35.8 Å². The lowest BCUT2D eigenvalue weighted by Crippen LogP contribution is -2.68. The molecular weight excluding hydrogens is 758 g/mol. The Morgan fingerprint density at radius 2 is 1.65 bits per heavy atom. The normalized spacial score (nSPS) is 24.8. The van der Waals surface area contributed by atoms with Gasteiger partial charge < -0.3 is 29.3 Å². The van der Waals surface area contributed by atoms with E-state index in [9.17, 15) is 5.11 Å². The van der Waals surface area contributed by atoms with Gasteiger partial charge in [-0.3, -0.25) is 14.5 Å². The molecule has 57 heavy (non-hydrogen) atoms. The summed E-state index contributed by atoms with van der Waals surface area (Å²) in [6.45, 7) is 14.5. The molecule has 4 aromatic rings. The van der Waals surface area contributed by atoms with E-state index in [1.165, 1.54) is 0 Å². The number of halogens is 1. The molecule has 0 bridgehead atoms. The number of aliphatic hydroxyl groups is 1. The highest BCUT2D eigenvalue weighted by atomic mass is 35.5. The second-order valence-electron chi connectivity index (χ2n) is 17.5. The minimum absolute atomic E-state index is 0.00750. The van der Waals surface area contributed by atoms with E-state index in [2.05, 4.69) is 37.8 Å². The van der Waals surface area contributed by atoms with E-state index < -0.39 is 43.4 Å². The Balaban J connectivity index is 1.28. The molecule has 10 nitrogen and oxygen atoms in total. The average molecular weight is 810 g/mol. The van der Waals surface area contributed by atoms with E-state index in [0.717, 1.165) is 48.2 Å². The number of nitrogens with zero attached hydrogens (tertiary/aromatic N) is 2. The number of Topliss-reactive ketones (excluding diaryl/α,β-unsaturated/α-hetero) is 2. The molecule has 3 aliphatic carbocycles. The number of aromatic nitrogens is 1. The fourth-order valence-electron chi connectivity index (χ4n) is 9.13. The Morgan fingerprint density at radius 1 is 1.00 bits per heavy atom. The molecule has 3 N–H and O–H groups in total. The molecule has 1 saturated carbocycles. The van der Waals surface area contributed by atoms with Crippen LogP contribution in [0.15, 0.2) is 76.8 Å². The predicted molar refractivity (Wildman–Crippen MR) is 221 cm³/mol. The summed E-state index contributed by atoms with van der Waals surface area (Å²) in [5, 5.41) is 17.0. The smallest absolute Gasteiger partial charge is 0.265 e. The summed E-state index contributed by atoms with van der Waals surface area (Å²) in [6, 6.07) is 20.4. The van der Waals surface area contributed by atoms with Crippen LogP contribution < -0.4 is 15.2 Å². The van der Waals surface area contributed by atoms with Gasteiger partial charge in [-0.1, -0.05) is 100.0 Å². The van der Waals surface area contributed by atoms with Crippen molar-refractivity contribution in [2.24, 2.45) is 17.6 Å². The largest absolute Gasteiger partial charge is 0.507 e. The summed E-state index contributed by atoms with van der Waals surface area (Å²) in [4.78, 5) is 33.5. The van der Waals surface area contributed by atoms with Gasteiger partial charge in [0.05, 0.1) is 11.6 Å². The minimum atomic E-state index is -2.91. The summed E-state index contributed by atoms with van der Waals surface area (Å²) in [6.07, 6.45) is 2.60. The second kappa shape index (κ2) is 14.8. The Morgan fingerprint density at radius 3 is 2.28 bits per heavy atom. The number of benzene rings is 3. The Bertz CT molecular complexity index is 2230. The van der Waals surface area contributed by atoms with Crippen LogP contribution in [0, 0.1) is 11.8 Å². The molecule has 1 aliphatic heterocycles. The third-order valence-corrected chi connectivity index (χ3v) is 18.0. The number of hydrogen-bond acceptors (Lipinski definition) is 10. The van der Waals surface area contributed by atoms with Crippen molar-refractivity contribution >= 4 is 37.2 Å². The van der Waals surface area contributed by atoms with E-state index >= 15 is 9.59 Å². The molecule has 2 fully saturated rings. The van der Waals surface area contributed by atoms with Gasteiger partial charge in [0.15, 0.2) is 19.7 Å². The fourth-order valence-corrected chi connectivity index (χ4v) is 10.9. The van der Waals surface area contributed by atoms with Crippen molar-refractivity contribution in [1.82, 2.24) is 10.1 Å². The Hall–Kier alpha value is -4.26. The van der Waals surface area contributed by atoms with Crippen LogP contribution in [0.4, 0.5) is 0 Å². The van der Waals surface area contributed by atoms with Gasteiger partial charge >= 0.3 is 0 Å². The number of likely N-dealkylation sites (tertiary alicyclic amines) is 1. The van der Waals surface area contributed by atoms with E-state index in [1.54, 1.807) is 0 Å². The maximum atomic E-state index is 15.7. The predicted octanol–water partition coefficient (Wildman–Crippen LogP) is 9.33. The van der Waals surface area contributed by atoms with Crippen molar-refractivity contribution in [1.29, 1.82) is 0 Å². The summed E-state index contributed by atoms with van der Waals surface area (Å²) in [7, 11) is -2.91. The van der Waals surface area contributed by atoms with Crippen LogP contribution >= 0.6 is 11.6 Å². The molecule has 4 aliphatic rings. The fraction of sp³-hybridized carbons (Fsp3) is 0.444. The van der Waals surface area contributed by atoms with Crippen molar-refractivity contribution < 1.29 is 33.1 Å². The van der Waals surface area contributed by atoms with Gasteiger partial charge in [0, 0.05) is 22.6 Å². The first-order valence-corrected chi connectivity index (χ1v) is 23.4. The van der Waals surface area contributed by atoms with Gasteiger partial charge in [-0.25, -0.2) is 0 Å². The number of carbonyl (C=O) groups excluding carboxylic acids is 2. The molecule has 0 amide bonds. The zero-order valence-corrected chi connectivity index (χ0v) is 35.3. The van der Waals surface area contributed by atoms with Crippen molar-refractivity contribution in [3.05, 3.63) is 116 Å². The molecule has 2 heterocycles. The van der Waals surface area contributed by atoms with Crippen molar-refractivity contribution in [3.63, 3.8) is 0 Å². The zero-order valence-electron chi connectivity index (χ0n) is 33.6. The molecule has 3 aromatic carbocycles. The van der Waals surface area contributed by atoms with E-state index in [1.807, 2.05) is 79.8 Å². The minimum Gasteiger partial charge on any atom is -0.507 e. The SMILES string of the molecule is CCN1CCCC1c1cc(OCc2ccccc2)c2c(c1Cl)C[C@H]1C[C@H]3[C@H](N)c4onc(OCc5ccccc5)c4C(=O)C3(O[Si](C)(C)C(C)(C)C)C(=O)C1=C2O. The molecule has 1 saturated heterocycles. The van der Waals surface area contributed by atoms with Crippen LogP contribution in [-0.4, -0.2) is 53.7 Å². The lowest BCUT2D eigenvalue weighted by atomic mass is 9.57. The van der Waals surface area contributed by atoms with Crippen LogP contribution in [-0.2, 0) is 28.9 Å². The molecule has 8 rings (SSSR count). The van der Waals surface area contributed by atoms with Gasteiger partial charge in [0.1, 0.15) is 30.3 Å². The highest BCUT2D eigenvalue weighted by molar-refractivity contribution is 6.74. The van der Waals surface area contributed by atoms with Crippen molar-refractivity contribution in [3.8, 4) is 11.6 Å². The van der Waals surface area contributed by atoms with Crippen LogP contribution in [0.1, 0.15) is 103 Å². The van der Waals surface area contributed by atoms with Gasteiger partial charge in [-0.05, 0) is 96.3 Å². The number of hydrogen-bond donors (Lipinski definition) is 2. The maximum Gasteiger partial charge on any atom is 0.265 e. The Kier molecular flexibility index (Phi) is 10.3.